The average Bonchev–Trinajstić information content (AvgIpc) is 3.79. The third kappa shape index (κ3) is 7.23. The quantitative estimate of drug-likeness (QED) is 0.0890. The first kappa shape index (κ1) is 33.3. The zero-order chi connectivity index (χ0) is 34.3. The topological polar surface area (TPSA) is 111 Å². The maximum absolute atomic E-state index is 14.6. The largest absolute Gasteiger partial charge is 0.494 e. The van der Waals surface area contributed by atoms with Gasteiger partial charge in [-0.3, -0.25) is 10.2 Å². The van der Waals surface area contributed by atoms with Crippen LogP contribution >= 0.6 is 15.9 Å². The van der Waals surface area contributed by atoms with E-state index in [1.807, 2.05) is 109 Å². The molecule has 9 nitrogen and oxygen atoms in total. The number of halogens is 1. The Morgan fingerprint density at radius 3 is 2.36 bits per heavy atom. The van der Waals surface area contributed by atoms with Crippen LogP contribution in [0.25, 0.3) is 11.1 Å². The number of nitrogens with zero attached hydrogens (tertiary/aromatic N) is 1. The van der Waals surface area contributed by atoms with Crippen molar-refractivity contribution in [2.75, 3.05) is 20.0 Å². The number of amides is 1. The maximum Gasteiger partial charge on any atom is 0.266 e. The number of hydrazine groups is 1. The number of aliphatic hydroxyl groups is 1. The fraction of sp³-hybridized carbons (Fsp3) is 0.200. The molecular weight excluding hydrogens is 698 g/mol. The van der Waals surface area contributed by atoms with Crippen molar-refractivity contribution in [3.63, 3.8) is 0 Å². The van der Waals surface area contributed by atoms with Gasteiger partial charge >= 0.3 is 0 Å². The molecule has 2 heterocycles. The Bertz CT molecular complexity index is 1970. The molecule has 7 rings (SSSR count). The molecule has 0 radical (unpaired) electrons. The number of fused-ring (bicyclic) bond motifs is 1. The minimum Gasteiger partial charge on any atom is -0.494 e. The molecule has 254 valence electrons. The Balaban J connectivity index is 1.24. The van der Waals surface area contributed by atoms with Crippen molar-refractivity contribution in [1.29, 1.82) is 0 Å². The van der Waals surface area contributed by atoms with Crippen LogP contribution in [-0.4, -0.2) is 42.5 Å². The number of aliphatic hydroxyl groups excluding tert-OH is 1. The molecule has 0 fully saturated rings. The molecule has 0 aromatic heterocycles. The molecule has 2 aliphatic rings. The van der Waals surface area contributed by atoms with Crippen LogP contribution < -0.4 is 25.1 Å². The number of rotatable bonds is 13. The lowest BCUT2D eigenvalue weighted by molar-refractivity contribution is -0.130. The summed E-state index contributed by atoms with van der Waals surface area (Å²) in [7, 11) is 0. The van der Waals surface area contributed by atoms with Gasteiger partial charge in [0.2, 0.25) is 12.7 Å². The maximum atomic E-state index is 14.6. The lowest BCUT2D eigenvalue weighted by Gasteiger charge is -2.31. The first-order valence-corrected chi connectivity index (χ1v) is 17.2. The van der Waals surface area contributed by atoms with Crippen LogP contribution in [0.4, 0.5) is 0 Å². The van der Waals surface area contributed by atoms with E-state index >= 15 is 0 Å². The van der Waals surface area contributed by atoms with E-state index in [1.54, 1.807) is 0 Å². The summed E-state index contributed by atoms with van der Waals surface area (Å²) in [6.45, 7) is 1.000. The molecule has 0 aliphatic carbocycles. The van der Waals surface area contributed by atoms with Gasteiger partial charge in [-0.2, -0.15) is 0 Å². The molecular formula is C40H36BrN3O6. The van der Waals surface area contributed by atoms with Crippen molar-refractivity contribution in [2.24, 2.45) is 4.99 Å². The van der Waals surface area contributed by atoms with Crippen LogP contribution in [0.5, 0.6) is 17.2 Å². The molecule has 50 heavy (non-hydrogen) atoms. The fourth-order valence-corrected chi connectivity index (χ4v) is 6.51. The summed E-state index contributed by atoms with van der Waals surface area (Å²) in [6, 6.07) is 39.2. The van der Waals surface area contributed by atoms with Crippen molar-refractivity contribution < 1.29 is 28.8 Å². The predicted octanol–water partition coefficient (Wildman–Crippen LogP) is 6.93. The number of carbonyl (C=O) groups excluding carboxylic acids is 1. The lowest BCUT2D eigenvalue weighted by Crippen LogP contribution is -2.53. The Hall–Kier alpha value is -5.16. The van der Waals surface area contributed by atoms with E-state index in [1.165, 1.54) is 0 Å². The van der Waals surface area contributed by atoms with Gasteiger partial charge in [-0.05, 0) is 70.3 Å². The Morgan fingerprint density at radius 2 is 1.58 bits per heavy atom. The van der Waals surface area contributed by atoms with Gasteiger partial charge in [0.05, 0.1) is 6.61 Å². The highest BCUT2D eigenvalue weighted by atomic mass is 79.9. The molecule has 2 atom stereocenters. The average molecular weight is 735 g/mol. The van der Waals surface area contributed by atoms with E-state index in [0.717, 1.165) is 32.3 Å². The Morgan fingerprint density at radius 1 is 0.860 bits per heavy atom. The summed E-state index contributed by atoms with van der Waals surface area (Å²) < 4.78 is 24.3. The molecule has 10 heteroatoms. The molecule has 1 amide bonds. The summed E-state index contributed by atoms with van der Waals surface area (Å²) >= 11 is 3.70. The summed E-state index contributed by atoms with van der Waals surface area (Å²) in [5, 5.41) is 9.12. The monoisotopic (exact) mass is 733 g/mol. The van der Waals surface area contributed by atoms with Gasteiger partial charge in [0.25, 0.3) is 5.91 Å². The van der Waals surface area contributed by atoms with Gasteiger partial charge in [0.15, 0.2) is 23.1 Å². The van der Waals surface area contributed by atoms with E-state index in [0.29, 0.717) is 48.3 Å². The SMILES string of the molecule is O=C(NNCc1ccc2c(c1)OCO2)[C@@]1(Cc2ccccc2Br)N=C(c2ccc(OCCCO)cc2)O[C@H]1c1ccc(-c2ccccc2)cc1. The molecule has 0 spiro atoms. The first-order valence-electron chi connectivity index (χ1n) is 16.4. The first-order chi connectivity index (χ1) is 24.5. The smallest absolute Gasteiger partial charge is 0.266 e. The van der Waals surface area contributed by atoms with Crippen molar-refractivity contribution in [2.45, 2.75) is 31.0 Å². The van der Waals surface area contributed by atoms with Crippen molar-refractivity contribution in [1.82, 2.24) is 10.9 Å². The molecule has 3 N–H and O–H groups in total. The predicted molar refractivity (Wildman–Crippen MR) is 194 cm³/mol. The number of hydrogen-bond donors (Lipinski definition) is 3. The summed E-state index contributed by atoms with van der Waals surface area (Å²) in [5.74, 6) is 2.04. The van der Waals surface area contributed by atoms with Gasteiger partial charge in [-0.1, -0.05) is 94.8 Å². The number of aliphatic imine (C=N–C) groups is 1. The Labute approximate surface area is 299 Å². The highest BCUT2D eigenvalue weighted by molar-refractivity contribution is 9.10. The Kier molecular flexibility index (Phi) is 10.1. The second kappa shape index (κ2) is 15.2. The summed E-state index contributed by atoms with van der Waals surface area (Å²) in [6.07, 6.45) is 0.0305. The molecule has 0 bridgehead atoms. The number of ether oxygens (including phenoxy) is 4. The van der Waals surface area contributed by atoms with Crippen LogP contribution in [0.2, 0.25) is 0 Å². The molecule has 0 saturated carbocycles. The number of nitrogens with one attached hydrogen (secondary N) is 2. The van der Waals surface area contributed by atoms with Crippen LogP contribution in [-0.2, 0) is 22.5 Å². The fourth-order valence-electron chi connectivity index (χ4n) is 6.08. The number of benzene rings is 5. The zero-order valence-corrected chi connectivity index (χ0v) is 28.8. The molecule has 2 aliphatic heterocycles. The van der Waals surface area contributed by atoms with Crippen LogP contribution in [0.1, 0.15) is 34.8 Å². The van der Waals surface area contributed by atoms with Crippen LogP contribution in [0.3, 0.4) is 0 Å². The van der Waals surface area contributed by atoms with E-state index < -0.39 is 11.6 Å². The highest BCUT2D eigenvalue weighted by Crippen LogP contribution is 2.44. The zero-order valence-electron chi connectivity index (χ0n) is 27.2. The molecule has 0 unspecified atom stereocenters. The molecule has 5 aromatic rings. The van der Waals surface area contributed by atoms with Gasteiger partial charge in [-0.15, -0.1) is 0 Å². The van der Waals surface area contributed by atoms with Crippen LogP contribution in [0, 0.1) is 0 Å². The number of hydrogen-bond acceptors (Lipinski definition) is 8. The second-order valence-corrected chi connectivity index (χ2v) is 12.9. The van der Waals surface area contributed by atoms with Gasteiger partial charge in [-0.25, -0.2) is 10.4 Å². The summed E-state index contributed by atoms with van der Waals surface area (Å²) in [4.78, 5) is 19.8. The van der Waals surface area contributed by atoms with E-state index in [9.17, 15) is 4.79 Å². The number of carbonyl (C=O) groups is 1. The van der Waals surface area contributed by atoms with Crippen LogP contribution in [0.15, 0.2) is 131 Å². The van der Waals surface area contributed by atoms with E-state index in [-0.39, 0.29) is 25.7 Å². The normalized spacial score (nSPS) is 17.6. The second-order valence-electron chi connectivity index (χ2n) is 12.0. The van der Waals surface area contributed by atoms with Crippen molar-refractivity contribution in [3.05, 3.63) is 148 Å². The van der Waals surface area contributed by atoms with Crippen molar-refractivity contribution >= 4 is 27.7 Å². The van der Waals surface area contributed by atoms with E-state index in [2.05, 4.69) is 38.9 Å². The minimum atomic E-state index is -1.40. The van der Waals surface area contributed by atoms with Crippen molar-refractivity contribution in [3.8, 4) is 28.4 Å². The molecule has 5 aromatic carbocycles. The third-order valence-electron chi connectivity index (χ3n) is 8.70. The summed E-state index contributed by atoms with van der Waals surface area (Å²) in [5.41, 5.74) is 10.2. The highest BCUT2D eigenvalue weighted by Gasteiger charge is 2.53. The standard InChI is InChI=1S/C40H36BrN3O6/c41-34-10-5-4-9-32(34)24-40(39(46)44-42-25-27-11-20-35-36(23-27)49-26-48-35)37(30-14-12-29(13-15-30)28-7-2-1-3-8-28)50-38(43-40)31-16-18-33(19-17-31)47-22-6-21-45/h1-5,7-20,23,37,42,45H,6,21-22,24-26H2,(H,44,46)/t37-,40-/m0/s1. The lowest BCUT2D eigenvalue weighted by atomic mass is 9.82. The molecule has 0 saturated heterocycles. The third-order valence-corrected chi connectivity index (χ3v) is 9.47. The van der Waals surface area contributed by atoms with E-state index in [4.69, 9.17) is 29.0 Å². The van der Waals surface area contributed by atoms with Gasteiger partial charge in [0, 0.05) is 36.0 Å². The van der Waals surface area contributed by atoms with Gasteiger partial charge in [0.1, 0.15) is 5.75 Å². The minimum absolute atomic E-state index is 0.0592. The van der Waals surface area contributed by atoms with Gasteiger partial charge < -0.3 is 24.1 Å².